The number of amides is 3. The number of ether oxygens (including phenoxy) is 1. The highest BCUT2D eigenvalue weighted by molar-refractivity contribution is 6.22. The standard InChI is InChI=1S/C27H31N3O4/c31-25(29-12-9-20(10-13-29)8-11-28-14-16-34-17-15-28)22-6-7-23-24(18-22)27(33)30(26(23)32)19-21-4-2-1-3-5-21/h1-7,18,20H,8-17,19H2. The molecule has 2 fully saturated rings. The van der Waals surface area contributed by atoms with Crippen molar-refractivity contribution < 1.29 is 19.1 Å². The van der Waals surface area contributed by atoms with Crippen LogP contribution in [0.1, 0.15) is 55.9 Å². The van der Waals surface area contributed by atoms with E-state index in [1.54, 1.807) is 18.2 Å². The minimum absolute atomic E-state index is 0.0591. The number of likely N-dealkylation sites (tertiary alicyclic amines) is 1. The maximum Gasteiger partial charge on any atom is 0.261 e. The Morgan fingerprint density at radius 1 is 0.882 bits per heavy atom. The number of hydrogen-bond acceptors (Lipinski definition) is 5. The highest BCUT2D eigenvalue weighted by atomic mass is 16.5. The van der Waals surface area contributed by atoms with Crippen molar-refractivity contribution >= 4 is 17.7 Å². The van der Waals surface area contributed by atoms with E-state index >= 15 is 0 Å². The molecule has 7 nitrogen and oxygen atoms in total. The van der Waals surface area contributed by atoms with Crippen LogP contribution in [-0.4, -0.2) is 78.4 Å². The second-order valence-corrected chi connectivity index (χ2v) is 9.42. The largest absolute Gasteiger partial charge is 0.379 e. The van der Waals surface area contributed by atoms with Crippen LogP contribution in [0.25, 0.3) is 0 Å². The number of nitrogens with zero attached hydrogens (tertiary/aromatic N) is 3. The Morgan fingerprint density at radius 3 is 2.32 bits per heavy atom. The minimum Gasteiger partial charge on any atom is -0.379 e. The van der Waals surface area contributed by atoms with Gasteiger partial charge in [-0.05, 0) is 55.5 Å². The number of piperidine rings is 1. The van der Waals surface area contributed by atoms with E-state index in [1.807, 2.05) is 35.2 Å². The smallest absolute Gasteiger partial charge is 0.261 e. The van der Waals surface area contributed by atoms with Crippen molar-refractivity contribution in [3.8, 4) is 0 Å². The zero-order valence-corrected chi connectivity index (χ0v) is 19.4. The second-order valence-electron chi connectivity index (χ2n) is 9.42. The number of benzene rings is 2. The summed E-state index contributed by atoms with van der Waals surface area (Å²) >= 11 is 0. The molecule has 2 aromatic carbocycles. The van der Waals surface area contributed by atoms with E-state index in [1.165, 1.54) is 4.90 Å². The van der Waals surface area contributed by atoms with Crippen LogP contribution in [0.3, 0.4) is 0 Å². The average molecular weight is 462 g/mol. The monoisotopic (exact) mass is 461 g/mol. The average Bonchev–Trinajstić information content (AvgIpc) is 3.13. The number of imide groups is 1. The zero-order valence-electron chi connectivity index (χ0n) is 19.4. The summed E-state index contributed by atoms with van der Waals surface area (Å²) in [5.74, 6) is -0.0573. The molecule has 0 radical (unpaired) electrons. The van der Waals surface area contributed by atoms with Crippen LogP contribution >= 0.6 is 0 Å². The molecule has 0 unspecified atom stereocenters. The van der Waals surface area contributed by atoms with E-state index in [-0.39, 0.29) is 24.3 Å². The minimum atomic E-state index is -0.333. The van der Waals surface area contributed by atoms with Gasteiger partial charge in [0.2, 0.25) is 0 Å². The summed E-state index contributed by atoms with van der Waals surface area (Å²) in [7, 11) is 0. The number of morpholine rings is 1. The first-order valence-electron chi connectivity index (χ1n) is 12.2. The molecule has 0 spiro atoms. The Hall–Kier alpha value is -3.03. The summed E-state index contributed by atoms with van der Waals surface area (Å²) in [4.78, 5) is 44.6. The molecule has 0 atom stereocenters. The summed E-state index contributed by atoms with van der Waals surface area (Å²) in [6.45, 7) is 6.47. The summed E-state index contributed by atoms with van der Waals surface area (Å²) in [5.41, 5.74) is 2.07. The van der Waals surface area contributed by atoms with Crippen LogP contribution in [0.15, 0.2) is 48.5 Å². The predicted octanol–water partition coefficient (Wildman–Crippen LogP) is 3.06. The first-order valence-corrected chi connectivity index (χ1v) is 12.2. The molecule has 3 heterocycles. The van der Waals surface area contributed by atoms with Gasteiger partial charge in [0, 0.05) is 31.7 Å². The second kappa shape index (κ2) is 10.1. The Kier molecular flexibility index (Phi) is 6.74. The van der Waals surface area contributed by atoms with Gasteiger partial charge < -0.3 is 9.64 Å². The van der Waals surface area contributed by atoms with Gasteiger partial charge in [0.05, 0.1) is 30.9 Å². The van der Waals surface area contributed by atoms with Crippen LogP contribution in [0.5, 0.6) is 0 Å². The molecule has 0 aromatic heterocycles. The fourth-order valence-electron chi connectivity index (χ4n) is 5.13. The lowest BCUT2D eigenvalue weighted by atomic mass is 9.92. The van der Waals surface area contributed by atoms with Crippen molar-refractivity contribution in [2.75, 3.05) is 45.9 Å². The van der Waals surface area contributed by atoms with E-state index in [0.29, 0.717) is 22.6 Å². The molecule has 3 aliphatic heterocycles. The van der Waals surface area contributed by atoms with Crippen LogP contribution in [-0.2, 0) is 11.3 Å². The van der Waals surface area contributed by atoms with Crippen molar-refractivity contribution in [2.45, 2.75) is 25.8 Å². The molecule has 0 bridgehead atoms. The SMILES string of the molecule is O=C(c1ccc2c(c1)C(=O)N(Cc1ccccc1)C2=O)N1CCC(CCN2CCOCC2)CC1. The molecule has 178 valence electrons. The summed E-state index contributed by atoms with van der Waals surface area (Å²) in [6.07, 6.45) is 3.17. The molecule has 34 heavy (non-hydrogen) atoms. The molecule has 3 amide bonds. The van der Waals surface area contributed by atoms with Gasteiger partial charge in [0.1, 0.15) is 0 Å². The number of hydrogen-bond donors (Lipinski definition) is 0. The van der Waals surface area contributed by atoms with E-state index in [4.69, 9.17) is 4.74 Å². The Balaban J connectivity index is 1.19. The van der Waals surface area contributed by atoms with Gasteiger partial charge in [-0.25, -0.2) is 0 Å². The van der Waals surface area contributed by atoms with Crippen molar-refractivity contribution in [1.29, 1.82) is 0 Å². The Bertz CT molecular complexity index is 1060. The Morgan fingerprint density at radius 2 is 1.59 bits per heavy atom. The molecule has 3 aliphatic rings. The Labute approximate surface area is 200 Å². The molecule has 5 rings (SSSR count). The summed E-state index contributed by atoms with van der Waals surface area (Å²) in [6, 6.07) is 14.4. The third kappa shape index (κ3) is 4.76. The van der Waals surface area contributed by atoms with E-state index in [9.17, 15) is 14.4 Å². The number of carbonyl (C=O) groups excluding carboxylic acids is 3. The van der Waals surface area contributed by atoms with Gasteiger partial charge in [-0.1, -0.05) is 30.3 Å². The van der Waals surface area contributed by atoms with Crippen molar-refractivity contribution in [2.24, 2.45) is 5.92 Å². The lowest BCUT2D eigenvalue weighted by molar-refractivity contribution is 0.0332. The van der Waals surface area contributed by atoms with E-state index in [2.05, 4.69) is 4.90 Å². The van der Waals surface area contributed by atoms with Crippen molar-refractivity contribution in [1.82, 2.24) is 14.7 Å². The molecule has 2 aromatic rings. The van der Waals surface area contributed by atoms with Crippen LogP contribution in [0, 0.1) is 5.92 Å². The van der Waals surface area contributed by atoms with Crippen LogP contribution < -0.4 is 0 Å². The molecule has 0 N–H and O–H groups in total. The highest BCUT2D eigenvalue weighted by Gasteiger charge is 2.36. The normalized spacial score (nSPS) is 19.5. The number of fused-ring (bicyclic) bond motifs is 1. The maximum atomic E-state index is 13.2. The van der Waals surface area contributed by atoms with Gasteiger partial charge in [-0.3, -0.25) is 24.2 Å². The molecule has 2 saturated heterocycles. The zero-order chi connectivity index (χ0) is 23.5. The van der Waals surface area contributed by atoms with E-state index in [0.717, 1.165) is 70.8 Å². The van der Waals surface area contributed by atoms with E-state index < -0.39 is 0 Å². The van der Waals surface area contributed by atoms with Crippen molar-refractivity contribution in [3.63, 3.8) is 0 Å². The molecule has 0 saturated carbocycles. The van der Waals surface area contributed by atoms with Gasteiger partial charge >= 0.3 is 0 Å². The molecular weight excluding hydrogens is 430 g/mol. The van der Waals surface area contributed by atoms with Crippen LogP contribution in [0.2, 0.25) is 0 Å². The van der Waals surface area contributed by atoms with Gasteiger partial charge in [0.25, 0.3) is 17.7 Å². The number of carbonyl (C=O) groups is 3. The quantitative estimate of drug-likeness (QED) is 0.619. The summed E-state index contributed by atoms with van der Waals surface area (Å²) in [5, 5.41) is 0. The van der Waals surface area contributed by atoms with Gasteiger partial charge in [-0.15, -0.1) is 0 Å². The third-order valence-corrected chi connectivity index (χ3v) is 7.26. The first kappa shape index (κ1) is 22.7. The lowest BCUT2D eigenvalue weighted by Gasteiger charge is -2.34. The fourth-order valence-corrected chi connectivity index (χ4v) is 5.13. The topological polar surface area (TPSA) is 70.2 Å². The molecule has 7 heteroatoms. The lowest BCUT2D eigenvalue weighted by Crippen LogP contribution is -2.40. The van der Waals surface area contributed by atoms with Crippen LogP contribution in [0.4, 0.5) is 0 Å². The molecule has 0 aliphatic carbocycles. The van der Waals surface area contributed by atoms with Crippen molar-refractivity contribution in [3.05, 3.63) is 70.8 Å². The highest BCUT2D eigenvalue weighted by Crippen LogP contribution is 2.27. The first-order chi connectivity index (χ1) is 16.6. The van der Waals surface area contributed by atoms with Gasteiger partial charge in [0.15, 0.2) is 0 Å². The third-order valence-electron chi connectivity index (χ3n) is 7.26. The number of rotatable bonds is 6. The predicted molar refractivity (Wildman–Crippen MR) is 128 cm³/mol. The summed E-state index contributed by atoms with van der Waals surface area (Å²) < 4.78 is 5.42. The van der Waals surface area contributed by atoms with Gasteiger partial charge in [-0.2, -0.15) is 0 Å². The molecular formula is C27H31N3O4. The maximum absolute atomic E-state index is 13.2. The fraction of sp³-hybridized carbons (Fsp3) is 0.444.